The average Bonchev–Trinajstić information content (AvgIpc) is 1.21. The zero-order valence-electron chi connectivity index (χ0n) is 4.25. The number of hydrogen-bond donors (Lipinski definition) is 0. The molecule has 0 bridgehead atoms. The molecule has 0 aromatic heterocycles. The Morgan fingerprint density at radius 1 is 1.50 bits per heavy atom. The number of carbonyl (C=O) groups is 1. The first-order valence-corrected chi connectivity index (χ1v) is 4.36. The number of Topliss-reactive ketones (excluding diaryl/α,β-unsaturated/α-hetero) is 1. The van der Waals surface area contributed by atoms with Crippen molar-refractivity contribution in [3.05, 3.63) is 0 Å². The predicted molar refractivity (Wildman–Crippen MR) is 44.8 cm³/mol. The minimum atomic E-state index is -0.390. The van der Waals surface area contributed by atoms with E-state index in [-0.39, 0.29) is 5.78 Å². The second-order valence-corrected chi connectivity index (χ2v) is 8.75. The van der Waals surface area contributed by atoms with Crippen LogP contribution in [-0.2, 0) is 4.79 Å². The maximum Gasteiger partial charge on any atom is 0.141 e. The van der Waals surface area contributed by atoms with Crippen molar-refractivity contribution in [2.24, 2.45) is 0 Å². The van der Waals surface area contributed by atoms with Crippen LogP contribution in [0, 0.1) is 0 Å². The van der Waals surface area contributed by atoms with Crippen LogP contribution in [-0.4, -0.2) is 7.93 Å². The van der Waals surface area contributed by atoms with Crippen molar-refractivity contribution in [2.75, 3.05) is 0 Å². The molecule has 1 nitrogen and oxygen atoms in total. The summed E-state index contributed by atoms with van der Waals surface area (Å²) in [6, 6.07) is 0. The van der Waals surface area contributed by atoms with Crippen LogP contribution in [0.15, 0.2) is 0 Å². The molecule has 0 heterocycles. The third-order valence-electron chi connectivity index (χ3n) is 0.449. The van der Waals surface area contributed by atoms with Crippen molar-refractivity contribution >= 4 is 53.6 Å². The number of hydrogen-bond acceptors (Lipinski definition) is 1. The number of alkyl halides is 3. The van der Waals surface area contributed by atoms with E-state index in [1.54, 1.807) is 6.92 Å². The fraction of sp³-hybridized carbons (Fsp3) is 0.750. The highest BCUT2D eigenvalue weighted by molar-refractivity contribution is 9.39. The molecule has 48 valence electrons. The minimum absolute atomic E-state index is 0.135. The van der Waals surface area contributed by atoms with Crippen LogP contribution in [0.25, 0.3) is 0 Å². The summed E-state index contributed by atoms with van der Waals surface area (Å²) in [6.45, 7) is 1.54. The molecule has 0 amide bonds. The van der Waals surface area contributed by atoms with Gasteiger partial charge < -0.3 is 0 Å². The summed E-state index contributed by atoms with van der Waals surface area (Å²) in [4.78, 5) is 10.4. The lowest BCUT2D eigenvalue weighted by Gasteiger charge is -2.06. The Morgan fingerprint density at radius 2 is 1.88 bits per heavy atom. The minimum Gasteiger partial charge on any atom is -0.300 e. The second kappa shape index (κ2) is 3.32. The first-order chi connectivity index (χ1) is 3.42. The van der Waals surface area contributed by atoms with Crippen molar-refractivity contribution in [2.45, 2.75) is 15.5 Å². The maximum atomic E-state index is 10.4. The van der Waals surface area contributed by atoms with E-state index in [2.05, 4.69) is 47.8 Å². The monoisotopic (exact) mass is 306 g/mol. The van der Waals surface area contributed by atoms with Gasteiger partial charge in [0.2, 0.25) is 0 Å². The van der Waals surface area contributed by atoms with Gasteiger partial charge in [-0.05, 0) is 6.92 Å². The van der Waals surface area contributed by atoms with Crippen LogP contribution in [0.4, 0.5) is 0 Å². The molecule has 0 aliphatic heterocycles. The van der Waals surface area contributed by atoms with Crippen LogP contribution in [0.1, 0.15) is 13.3 Å². The Morgan fingerprint density at radius 3 is 1.88 bits per heavy atom. The van der Waals surface area contributed by atoms with Gasteiger partial charge in [0.25, 0.3) is 0 Å². The highest BCUT2D eigenvalue weighted by Gasteiger charge is 2.19. The molecule has 0 aromatic carbocycles. The Balaban J connectivity index is 3.55. The van der Waals surface area contributed by atoms with E-state index >= 15 is 0 Å². The first-order valence-electron chi connectivity index (χ1n) is 1.98. The summed E-state index contributed by atoms with van der Waals surface area (Å²) in [5, 5.41) is 0. The molecule has 0 radical (unpaired) electrons. The molecule has 0 spiro atoms. The number of halogens is 3. The van der Waals surface area contributed by atoms with Crippen molar-refractivity contribution in [1.29, 1.82) is 0 Å². The molecular formula is C4H5Br3O. The standard InChI is InChI=1S/C4H5Br3O/c1-3(8)2-4(5,6)7/h2H2,1H3. The molecule has 0 aromatic rings. The molecule has 4 heteroatoms. The molecule has 0 atom stereocenters. The lowest BCUT2D eigenvalue weighted by molar-refractivity contribution is -0.116. The first kappa shape index (κ1) is 9.11. The van der Waals surface area contributed by atoms with E-state index in [0.29, 0.717) is 6.42 Å². The van der Waals surface area contributed by atoms with Gasteiger partial charge in [-0.2, -0.15) is 0 Å². The smallest absolute Gasteiger partial charge is 0.141 e. The van der Waals surface area contributed by atoms with E-state index in [1.807, 2.05) is 0 Å². The molecule has 0 fully saturated rings. The van der Waals surface area contributed by atoms with Crippen LogP contribution in [0.5, 0.6) is 0 Å². The van der Waals surface area contributed by atoms with E-state index in [9.17, 15) is 4.79 Å². The molecule has 0 saturated carbocycles. The van der Waals surface area contributed by atoms with Crippen LogP contribution < -0.4 is 0 Å². The fourth-order valence-electron chi connectivity index (χ4n) is 0.282. The third kappa shape index (κ3) is 7.11. The summed E-state index contributed by atoms with van der Waals surface area (Å²) in [7, 11) is 0. The number of rotatable bonds is 1. The Labute approximate surface area is 73.6 Å². The maximum absolute atomic E-state index is 10.4. The van der Waals surface area contributed by atoms with Gasteiger partial charge in [-0.3, -0.25) is 4.79 Å². The van der Waals surface area contributed by atoms with Gasteiger partial charge in [-0.25, -0.2) is 0 Å². The van der Waals surface area contributed by atoms with Crippen molar-refractivity contribution in [3.63, 3.8) is 0 Å². The molecule has 0 rings (SSSR count). The number of carbonyl (C=O) groups excluding carboxylic acids is 1. The van der Waals surface area contributed by atoms with E-state index in [4.69, 9.17) is 0 Å². The second-order valence-electron chi connectivity index (χ2n) is 1.49. The summed E-state index contributed by atoms with van der Waals surface area (Å²) in [6.07, 6.45) is 0.438. The van der Waals surface area contributed by atoms with Gasteiger partial charge >= 0.3 is 0 Å². The third-order valence-corrected chi connectivity index (χ3v) is 1.29. The average molecular weight is 309 g/mol. The highest BCUT2D eigenvalue weighted by atomic mass is 80.0. The fourth-order valence-corrected chi connectivity index (χ4v) is 1.47. The van der Waals surface area contributed by atoms with Gasteiger partial charge in [0.15, 0.2) is 0 Å². The van der Waals surface area contributed by atoms with Crippen molar-refractivity contribution < 1.29 is 4.79 Å². The van der Waals surface area contributed by atoms with Gasteiger partial charge in [0, 0.05) is 6.42 Å². The van der Waals surface area contributed by atoms with E-state index in [1.165, 1.54) is 0 Å². The van der Waals surface area contributed by atoms with Gasteiger partial charge in [0.05, 0.1) is 0 Å². The Hall–Kier alpha value is 1.11. The molecule has 0 saturated heterocycles. The summed E-state index contributed by atoms with van der Waals surface area (Å²) < 4.78 is -0.390. The highest BCUT2D eigenvalue weighted by Crippen LogP contribution is 2.36. The normalized spacial score (nSPS) is 11.5. The largest absolute Gasteiger partial charge is 0.300 e. The SMILES string of the molecule is CC(=O)CC(Br)(Br)Br. The molecular weight excluding hydrogens is 304 g/mol. The number of ketones is 1. The van der Waals surface area contributed by atoms with Gasteiger partial charge in [0.1, 0.15) is 7.93 Å². The molecule has 0 N–H and O–H groups in total. The zero-order valence-corrected chi connectivity index (χ0v) is 9.01. The molecule has 0 aliphatic carbocycles. The quantitative estimate of drug-likeness (QED) is 0.681. The zero-order chi connectivity index (χ0) is 6.78. The van der Waals surface area contributed by atoms with Crippen molar-refractivity contribution in [1.82, 2.24) is 0 Å². The lowest BCUT2D eigenvalue weighted by Crippen LogP contribution is -2.05. The van der Waals surface area contributed by atoms with Crippen molar-refractivity contribution in [3.8, 4) is 0 Å². The van der Waals surface area contributed by atoms with Crippen LogP contribution >= 0.6 is 47.8 Å². The Bertz CT molecular complexity index is 93.9. The molecule has 8 heavy (non-hydrogen) atoms. The topological polar surface area (TPSA) is 17.1 Å². The summed E-state index contributed by atoms with van der Waals surface area (Å²) >= 11 is 9.57. The molecule has 0 unspecified atom stereocenters. The van der Waals surface area contributed by atoms with E-state index in [0.717, 1.165) is 0 Å². The summed E-state index contributed by atoms with van der Waals surface area (Å²) in [5.41, 5.74) is 0. The van der Waals surface area contributed by atoms with Crippen LogP contribution in [0.2, 0.25) is 0 Å². The predicted octanol–water partition coefficient (Wildman–Crippen LogP) is 2.80. The van der Waals surface area contributed by atoms with Gasteiger partial charge in [-0.15, -0.1) is 0 Å². The molecule has 0 aliphatic rings. The van der Waals surface area contributed by atoms with E-state index < -0.39 is 2.14 Å². The van der Waals surface area contributed by atoms with Crippen LogP contribution in [0.3, 0.4) is 0 Å². The summed E-state index contributed by atoms with van der Waals surface area (Å²) in [5.74, 6) is 0.135. The Kier molecular flexibility index (Phi) is 3.78. The van der Waals surface area contributed by atoms with Gasteiger partial charge in [-0.1, -0.05) is 47.8 Å². The lowest BCUT2D eigenvalue weighted by atomic mass is 10.4.